The molecule has 0 saturated heterocycles. The number of rotatable bonds is 5. The van der Waals surface area contributed by atoms with Gasteiger partial charge in [0.25, 0.3) is 15.9 Å². The Morgan fingerprint density at radius 1 is 1.28 bits per heavy atom. The zero-order chi connectivity index (χ0) is 17.9. The minimum Gasteiger partial charge on any atom is -0.492 e. The smallest absolute Gasteiger partial charge is 0.256 e. The number of amides is 1. The van der Waals surface area contributed by atoms with Crippen LogP contribution in [0.1, 0.15) is 0 Å². The van der Waals surface area contributed by atoms with Crippen LogP contribution >= 0.6 is 0 Å². The number of halogens is 1. The van der Waals surface area contributed by atoms with Crippen molar-refractivity contribution < 1.29 is 22.3 Å². The van der Waals surface area contributed by atoms with Crippen molar-refractivity contribution in [1.29, 1.82) is 0 Å². The fourth-order valence-electron chi connectivity index (χ4n) is 2.30. The molecule has 0 spiro atoms. The first-order chi connectivity index (χ1) is 11.9. The van der Waals surface area contributed by atoms with Gasteiger partial charge in [-0.3, -0.25) is 4.79 Å². The molecule has 132 valence electrons. The Hall–Kier alpha value is -2.68. The third-order valence-electron chi connectivity index (χ3n) is 3.56. The number of nitrogens with one attached hydrogen (secondary N) is 1. The zero-order valence-corrected chi connectivity index (χ0v) is 14.0. The fraction of sp³-hybridized carbons (Fsp3) is 0.250. The second-order valence-electron chi connectivity index (χ2n) is 5.40. The van der Waals surface area contributed by atoms with Crippen LogP contribution in [0.3, 0.4) is 0 Å². The highest BCUT2D eigenvalue weighted by Gasteiger charge is 2.24. The van der Waals surface area contributed by atoms with E-state index in [9.17, 15) is 17.6 Å². The van der Waals surface area contributed by atoms with Crippen LogP contribution in [0.4, 0.5) is 4.39 Å². The van der Waals surface area contributed by atoms with E-state index >= 15 is 0 Å². The highest BCUT2D eigenvalue weighted by Crippen LogP contribution is 2.15. The third-order valence-corrected chi connectivity index (χ3v) is 4.72. The molecule has 2 aliphatic rings. The molecule has 0 atom stereocenters. The van der Waals surface area contributed by atoms with Gasteiger partial charge in [-0.15, -0.1) is 4.40 Å². The van der Waals surface area contributed by atoms with Crippen molar-refractivity contribution in [2.24, 2.45) is 4.40 Å². The largest absolute Gasteiger partial charge is 0.492 e. The maximum atomic E-state index is 12.8. The van der Waals surface area contributed by atoms with Gasteiger partial charge in [-0.05, 0) is 36.4 Å². The number of carbonyl (C=O) groups is 1. The molecule has 2 aliphatic heterocycles. The number of fused-ring (bicyclic) bond motifs is 1. The summed E-state index contributed by atoms with van der Waals surface area (Å²) in [6.07, 6.45) is 4.59. The van der Waals surface area contributed by atoms with Crippen molar-refractivity contribution in [3.8, 4) is 5.75 Å². The van der Waals surface area contributed by atoms with E-state index in [0.29, 0.717) is 17.2 Å². The van der Waals surface area contributed by atoms with Crippen molar-refractivity contribution in [2.45, 2.75) is 0 Å². The summed E-state index contributed by atoms with van der Waals surface area (Å²) >= 11 is 0. The Morgan fingerprint density at radius 2 is 2.04 bits per heavy atom. The monoisotopic (exact) mass is 365 g/mol. The van der Waals surface area contributed by atoms with E-state index in [1.165, 1.54) is 36.4 Å². The van der Waals surface area contributed by atoms with E-state index in [-0.39, 0.29) is 37.2 Å². The first-order valence-electron chi connectivity index (χ1n) is 7.59. The molecule has 3 rings (SSSR count). The fourth-order valence-corrected chi connectivity index (χ4v) is 3.27. The number of nitrogens with zero attached hydrogens (tertiary/aromatic N) is 2. The van der Waals surface area contributed by atoms with Gasteiger partial charge in [-0.1, -0.05) is 0 Å². The molecule has 0 fully saturated rings. The number of sulfonamides is 1. The summed E-state index contributed by atoms with van der Waals surface area (Å²) in [6.45, 7) is 0.774. The summed E-state index contributed by atoms with van der Waals surface area (Å²) in [7, 11) is -3.41. The normalized spacial score (nSPS) is 18.0. The Balaban J connectivity index is 1.50. The number of carbonyl (C=O) groups excluding carboxylic acids is 1. The van der Waals surface area contributed by atoms with Crippen molar-refractivity contribution in [1.82, 2.24) is 10.2 Å². The lowest BCUT2D eigenvalue weighted by atomic mass is 10.2. The Kier molecular flexibility index (Phi) is 4.84. The molecule has 0 radical (unpaired) electrons. The first-order valence-corrected chi connectivity index (χ1v) is 9.20. The van der Waals surface area contributed by atoms with Gasteiger partial charge in [-0.25, -0.2) is 12.8 Å². The van der Waals surface area contributed by atoms with Gasteiger partial charge in [-0.2, -0.15) is 0 Å². The number of hydrogen-bond acceptors (Lipinski definition) is 5. The third kappa shape index (κ3) is 4.44. The van der Waals surface area contributed by atoms with Crippen molar-refractivity contribution in [3.63, 3.8) is 0 Å². The Morgan fingerprint density at radius 3 is 2.80 bits per heavy atom. The molecule has 0 aromatic heterocycles. The Labute approximate surface area is 144 Å². The van der Waals surface area contributed by atoms with Crippen LogP contribution in [0.5, 0.6) is 5.75 Å². The molecule has 0 aliphatic carbocycles. The summed E-state index contributed by atoms with van der Waals surface area (Å²) in [5, 5.41) is 2.70. The molecule has 1 N–H and O–H groups in total. The molecule has 25 heavy (non-hydrogen) atoms. The molecule has 1 amide bonds. The van der Waals surface area contributed by atoms with Crippen LogP contribution in [0, 0.1) is 5.82 Å². The average molecular weight is 365 g/mol. The number of amidine groups is 1. The maximum absolute atomic E-state index is 12.8. The number of ether oxygens (including phenoxy) is 1. The molecule has 0 saturated carbocycles. The molecule has 1 aromatic rings. The standard InChI is InChI=1S/C16H16FN3O4S/c17-13-2-4-14(5-3-13)24-9-7-18-16(21)12-1-6-15-19-25(22,23)10-8-20(15)11-12/h1-6,11H,7-10H2,(H,18,21). The van der Waals surface area contributed by atoms with E-state index in [2.05, 4.69) is 9.71 Å². The number of benzene rings is 1. The predicted molar refractivity (Wildman–Crippen MR) is 90.1 cm³/mol. The topological polar surface area (TPSA) is 88.1 Å². The summed E-state index contributed by atoms with van der Waals surface area (Å²) in [5.74, 6) is 0.100. The van der Waals surface area contributed by atoms with E-state index in [1.807, 2.05) is 0 Å². The molecule has 0 unspecified atom stereocenters. The quantitative estimate of drug-likeness (QED) is 0.781. The lowest BCUT2D eigenvalue weighted by molar-refractivity contribution is -0.117. The van der Waals surface area contributed by atoms with E-state index in [0.717, 1.165) is 0 Å². The summed E-state index contributed by atoms with van der Waals surface area (Å²) < 4.78 is 44.7. The zero-order valence-electron chi connectivity index (χ0n) is 13.2. The van der Waals surface area contributed by atoms with Crippen LogP contribution in [-0.4, -0.2) is 50.5 Å². The molecular weight excluding hydrogens is 349 g/mol. The van der Waals surface area contributed by atoms with Crippen molar-refractivity contribution in [3.05, 3.63) is 54.0 Å². The minimum absolute atomic E-state index is 0.0821. The van der Waals surface area contributed by atoms with E-state index in [4.69, 9.17) is 4.74 Å². The molecule has 1 aromatic carbocycles. The predicted octanol–water partition coefficient (Wildman–Crippen LogP) is 0.818. The van der Waals surface area contributed by atoms with Gasteiger partial charge in [0.2, 0.25) is 0 Å². The van der Waals surface area contributed by atoms with Gasteiger partial charge >= 0.3 is 0 Å². The van der Waals surface area contributed by atoms with Gasteiger partial charge in [0, 0.05) is 12.7 Å². The lowest BCUT2D eigenvalue weighted by Gasteiger charge is -2.26. The van der Waals surface area contributed by atoms with Gasteiger partial charge in [0.05, 0.1) is 17.9 Å². The second kappa shape index (κ2) is 7.06. The molecule has 9 heteroatoms. The van der Waals surface area contributed by atoms with Gasteiger partial charge < -0.3 is 15.0 Å². The summed E-state index contributed by atoms with van der Waals surface area (Å²) in [6, 6.07) is 5.61. The molecule has 7 nitrogen and oxygen atoms in total. The van der Waals surface area contributed by atoms with E-state index < -0.39 is 10.0 Å². The van der Waals surface area contributed by atoms with Crippen molar-refractivity contribution in [2.75, 3.05) is 25.4 Å². The molecule has 0 bridgehead atoms. The van der Waals surface area contributed by atoms with Gasteiger partial charge in [0.1, 0.15) is 24.0 Å². The Bertz CT molecular complexity index is 860. The second-order valence-corrected chi connectivity index (χ2v) is 7.16. The van der Waals surface area contributed by atoms with Crippen LogP contribution < -0.4 is 10.1 Å². The SMILES string of the molecule is O=C(NCCOc1ccc(F)cc1)C1=CN2CCS(=O)(=O)N=C2C=C1. The lowest BCUT2D eigenvalue weighted by Crippen LogP contribution is -2.38. The van der Waals surface area contributed by atoms with Crippen LogP contribution in [-0.2, 0) is 14.8 Å². The summed E-state index contributed by atoms with van der Waals surface area (Å²) in [4.78, 5) is 13.8. The van der Waals surface area contributed by atoms with E-state index in [1.54, 1.807) is 11.1 Å². The molecule has 2 heterocycles. The van der Waals surface area contributed by atoms with Crippen LogP contribution in [0.2, 0.25) is 0 Å². The van der Waals surface area contributed by atoms with Crippen LogP contribution in [0.25, 0.3) is 0 Å². The highest BCUT2D eigenvalue weighted by atomic mass is 32.2. The maximum Gasteiger partial charge on any atom is 0.256 e. The summed E-state index contributed by atoms with van der Waals surface area (Å²) in [5.41, 5.74) is 0.403. The minimum atomic E-state index is -3.41. The number of hydrogen-bond donors (Lipinski definition) is 1. The average Bonchev–Trinajstić information content (AvgIpc) is 2.59. The van der Waals surface area contributed by atoms with Crippen molar-refractivity contribution >= 4 is 21.8 Å². The van der Waals surface area contributed by atoms with Gasteiger partial charge in [0.15, 0.2) is 0 Å². The van der Waals surface area contributed by atoms with Crippen LogP contribution in [0.15, 0.2) is 52.6 Å². The molecular formula is C16H16FN3O4S. The first kappa shape index (κ1) is 17.2. The highest BCUT2D eigenvalue weighted by molar-refractivity contribution is 7.90.